The highest BCUT2D eigenvalue weighted by atomic mass is 16.5. The number of carbonyl (C=O) groups is 2. The Bertz CT molecular complexity index is 463. The summed E-state index contributed by atoms with van der Waals surface area (Å²) in [6.45, 7) is 1.93. The first-order valence-electron chi connectivity index (χ1n) is 9.91. The molecule has 0 aromatic carbocycles. The Morgan fingerprint density at radius 3 is 2.36 bits per heavy atom. The van der Waals surface area contributed by atoms with E-state index in [0.717, 1.165) is 38.8 Å². The van der Waals surface area contributed by atoms with Gasteiger partial charge < -0.3 is 20.7 Å². The van der Waals surface area contributed by atoms with Crippen molar-refractivity contribution in [3.8, 4) is 0 Å². The minimum atomic E-state index is 0.136. The van der Waals surface area contributed by atoms with Crippen molar-refractivity contribution >= 4 is 11.8 Å². The van der Waals surface area contributed by atoms with Gasteiger partial charge >= 0.3 is 0 Å². The molecule has 1 saturated heterocycles. The van der Waals surface area contributed by atoms with Crippen LogP contribution in [-0.4, -0.2) is 55.6 Å². The summed E-state index contributed by atoms with van der Waals surface area (Å²) < 4.78 is 4.97. The standard InChI is InChI=1S/C19H33N3O3/c1-25-10-7-17(23)22-8-5-16(6-9-22)21-19(24)15-11-13-3-2-4-14(12-15)18(13)20/h13-16,18H,2-12,20H2,1H3,(H,21,24). The van der Waals surface area contributed by atoms with Crippen LogP contribution in [0.25, 0.3) is 0 Å². The molecule has 1 heterocycles. The lowest BCUT2D eigenvalue weighted by molar-refractivity contribution is -0.133. The topological polar surface area (TPSA) is 84.7 Å². The van der Waals surface area contributed by atoms with Crippen LogP contribution in [0.2, 0.25) is 0 Å². The quantitative estimate of drug-likeness (QED) is 0.781. The number of hydrogen-bond acceptors (Lipinski definition) is 4. The molecular weight excluding hydrogens is 318 g/mol. The molecule has 3 fully saturated rings. The molecule has 2 aliphatic carbocycles. The van der Waals surface area contributed by atoms with Gasteiger partial charge in [-0.2, -0.15) is 0 Å². The van der Waals surface area contributed by atoms with E-state index >= 15 is 0 Å². The Morgan fingerprint density at radius 1 is 1.12 bits per heavy atom. The second-order valence-corrected chi connectivity index (χ2v) is 8.10. The van der Waals surface area contributed by atoms with E-state index < -0.39 is 0 Å². The van der Waals surface area contributed by atoms with Crippen LogP contribution < -0.4 is 11.1 Å². The Kier molecular flexibility index (Phi) is 6.34. The van der Waals surface area contributed by atoms with E-state index in [4.69, 9.17) is 10.5 Å². The molecule has 3 N–H and O–H groups in total. The fraction of sp³-hybridized carbons (Fsp3) is 0.895. The smallest absolute Gasteiger partial charge is 0.224 e. The number of piperidine rings is 1. The minimum absolute atomic E-state index is 0.136. The average Bonchev–Trinajstić information content (AvgIpc) is 2.60. The first-order valence-corrected chi connectivity index (χ1v) is 9.91. The second kappa shape index (κ2) is 8.49. The molecule has 25 heavy (non-hydrogen) atoms. The molecule has 2 atom stereocenters. The molecule has 3 aliphatic rings. The van der Waals surface area contributed by atoms with Crippen LogP contribution in [-0.2, 0) is 14.3 Å². The van der Waals surface area contributed by atoms with Crippen LogP contribution in [0.3, 0.4) is 0 Å². The van der Waals surface area contributed by atoms with Crippen LogP contribution in [0.5, 0.6) is 0 Å². The molecular formula is C19H33N3O3. The molecule has 2 amide bonds. The fourth-order valence-electron chi connectivity index (χ4n) is 4.94. The second-order valence-electron chi connectivity index (χ2n) is 8.10. The number of nitrogens with two attached hydrogens (primary N) is 1. The summed E-state index contributed by atoms with van der Waals surface area (Å²) in [5, 5.41) is 3.25. The molecule has 0 radical (unpaired) electrons. The van der Waals surface area contributed by atoms with Gasteiger partial charge in [0, 0.05) is 38.2 Å². The third kappa shape index (κ3) is 4.53. The molecule has 6 heteroatoms. The van der Waals surface area contributed by atoms with Gasteiger partial charge in [-0.3, -0.25) is 9.59 Å². The van der Waals surface area contributed by atoms with E-state index in [2.05, 4.69) is 5.32 Å². The number of nitrogens with one attached hydrogen (secondary N) is 1. The van der Waals surface area contributed by atoms with E-state index in [1.54, 1.807) is 7.11 Å². The number of carbonyl (C=O) groups excluding carboxylic acids is 2. The Balaban J connectivity index is 1.43. The highest BCUT2D eigenvalue weighted by molar-refractivity contribution is 5.79. The number of amides is 2. The van der Waals surface area contributed by atoms with Crippen LogP contribution in [0, 0.1) is 17.8 Å². The maximum Gasteiger partial charge on any atom is 0.224 e. The van der Waals surface area contributed by atoms with E-state index in [0.29, 0.717) is 30.9 Å². The van der Waals surface area contributed by atoms with Gasteiger partial charge in [-0.1, -0.05) is 6.42 Å². The van der Waals surface area contributed by atoms with E-state index in [1.807, 2.05) is 4.90 Å². The van der Waals surface area contributed by atoms with Crippen molar-refractivity contribution in [2.45, 2.75) is 63.5 Å². The van der Waals surface area contributed by atoms with Crippen molar-refractivity contribution in [1.29, 1.82) is 0 Å². The monoisotopic (exact) mass is 351 g/mol. The molecule has 2 saturated carbocycles. The maximum absolute atomic E-state index is 12.7. The van der Waals surface area contributed by atoms with Crippen LogP contribution in [0.4, 0.5) is 0 Å². The molecule has 142 valence electrons. The first kappa shape index (κ1) is 18.6. The molecule has 1 aliphatic heterocycles. The third-order valence-corrected chi connectivity index (χ3v) is 6.50. The maximum atomic E-state index is 12.7. The largest absolute Gasteiger partial charge is 0.384 e. The molecule has 0 aromatic rings. The summed E-state index contributed by atoms with van der Waals surface area (Å²) in [6, 6.07) is 0.508. The Morgan fingerprint density at radius 2 is 1.76 bits per heavy atom. The first-order chi connectivity index (χ1) is 12.1. The van der Waals surface area contributed by atoms with Gasteiger partial charge in [0.05, 0.1) is 13.0 Å². The molecule has 6 nitrogen and oxygen atoms in total. The number of fused-ring (bicyclic) bond motifs is 2. The van der Waals surface area contributed by atoms with E-state index in [9.17, 15) is 9.59 Å². The van der Waals surface area contributed by atoms with Crippen LogP contribution >= 0.6 is 0 Å². The number of nitrogens with zero attached hydrogens (tertiary/aromatic N) is 1. The van der Waals surface area contributed by atoms with Crippen molar-refractivity contribution in [2.75, 3.05) is 26.8 Å². The summed E-state index contributed by atoms with van der Waals surface area (Å²) >= 11 is 0. The van der Waals surface area contributed by atoms with Gasteiger partial charge in [-0.15, -0.1) is 0 Å². The minimum Gasteiger partial charge on any atom is -0.384 e. The van der Waals surface area contributed by atoms with Gasteiger partial charge in [0.2, 0.25) is 11.8 Å². The SMILES string of the molecule is COCCC(=O)N1CCC(NC(=O)C2CC3CCCC(C2)C3N)CC1. The lowest BCUT2D eigenvalue weighted by Gasteiger charge is -2.44. The number of rotatable bonds is 5. The number of methoxy groups -OCH3 is 1. The van der Waals surface area contributed by atoms with Gasteiger partial charge in [0.1, 0.15) is 0 Å². The predicted molar refractivity (Wildman–Crippen MR) is 95.8 cm³/mol. The zero-order valence-corrected chi connectivity index (χ0v) is 15.4. The zero-order chi connectivity index (χ0) is 17.8. The fourth-order valence-corrected chi connectivity index (χ4v) is 4.94. The molecule has 2 bridgehead atoms. The normalized spacial score (nSPS) is 33.1. The van der Waals surface area contributed by atoms with Gasteiger partial charge in [0.25, 0.3) is 0 Å². The summed E-state index contributed by atoms with van der Waals surface area (Å²) in [7, 11) is 1.61. The molecule has 2 unspecified atom stereocenters. The van der Waals surface area contributed by atoms with Crippen molar-refractivity contribution in [3.05, 3.63) is 0 Å². The van der Waals surface area contributed by atoms with Crippen LogP contribution in [0.1, 0.15) is 51.4 Å². The number of ether oxygens (including phenoxy) is 1. The lowest BCUT2D eigenvalue weighted by atomic mass is 9.65. The van der Waals surface area contributed by atoms with Crippen molar-refractivity contribution < 1.29 is 14.3 Å². The number of likely N-dealkylation sites (tertiary alicyclic amines) is 1. The average molecular weight is 351 g/mol. The summed E-state index contributed by atoms with van der Waals surface area (Å²) in [5.41, 5.74) is 6.33. The molecule has 0 spiro atoms. The summed E-state index contributed by atoms with van der Waals surface area (Å²) in [6.07, 6.45) is 7.70. The third-order valence-electron chi connectivity index (χ3n) is 6.50. The highest BCUT2D eigenvalue weighted by Gasteiger charge is 2.40. The van der Waals surface area contributed by atoms with Crippen LogP contribution in [0.15, 0.2) is 0 Å². The van der Waals surface area contributed by atoms with Crippen molar-refractivity contribution in [2.24, 2.45) is 23.5 Å². The van der Waals surface area contributed by atoms with Gasteiger partial charge in [-0.25, -0.2) is 0 Å². The van der Waals surface area contributed by atoms with Gasteiger partial charge in [0.15, 0.2) is 0 Å². The van der Waals surface area contributed by atoms with Crippen molar-refractivity contribution in [1.82, 2.24) is 10.2 Å². The molecule has 3 rings (SSSR count). The summed E-state index contributed by atoms with van der Waals surface area (Å²) in [5.74, 6) is 1.57. The zero-order valence-electron chi connectivity index (χ0n) is 15.4. The Labute approximate surface area is 150 Å². The molecule has 0 aromatic heterocycles. The summed E-state index contributed by atoms with van der Waals surface area (Å²) in [4.78, 5) is 26.6. The lowest BCUT2D eigenvalue weighted by Crippen LogP contribution is -2.52. The van der Waals surface area contributed by atoms with E-state index in [1.165, 1.54) is 19.3 Å². The number of hydrogen-bond donors (Lipinski definition) is 2. The predicted octanol–water partition coefficient (Wildman–Crippen LogP) is 1.28. The van der Waals surface area contributed by atoms with Gasteiger partial charge in [-0.05, 0) is 50.4 Å². The van der Waals surface area contributed by atoms with Crippen molar-refractivity contribution in [3.63, 3.8) is 0 Å². The highest BCUT2D eigenvalue weighted by Crippen LogP contribution is 2.41. The Hall–Kier alpha value is -1.14. The van der Waals surface area contributed by atoms with E-state index in [-0.39, 0.29) is 23.8 Å².